The Morgan fingerprint density at radius 2 is 2.07 bits per heavy atom. The average molecular weight is 200 g/mol. The first-order chi connectivity index (χ1) is 7.28. The third-order valence-corrected chi connectivity index (χ3v) is 2.29. The predicted molar refractivity (Wildman–Crippen MR) is 58.0 cm³/mol. The van der Waals surface area contributed by atoms with E-state index in [1.54, 1.807) is 6.07 Å². The number of nitrogens with zero attached hydrogens (tertiary/aromatic N) is 1. The Labute approximate surface area is 88.1 Å². The Bertz CT molecular complexity index is 457. The van der Waals surface area contributed by atoms with Crippen LogP contribution in [0.4, 0.5) is 0 Å². The van der Waals surface area contributed by atoms with Crippen LogP contribution in [0.25, 0.3) is 0 Å². The van der Waals surface area contributed by atoms with Crippen LogP contribution in [0.1, 0.15) is 27.3 Å². The van der Waals surface area contributed by atoms with E-state index in [-0.39, 0.29) is 0 Å². The van der Waals surface area contributed by atoms with Gasteiger partial charge in [0.25, 0.3) is 0 Å². The second-order valence-corrected chi connectivity index (χ2v) is 3.60. The van der Waals surface area contributed by atoms with Crippen LogP contribution in [0.3, 0.4) is 0 Å². The minimum absolute atomic E-state index is 0.456. The number of aldehydes is 1. The Morgan fingerprint density at radius 3 is 2.67 bits per heavy atom. The maximum Gasteiger partial charge on any atom is 0.170 e. The van der Waals surface area contributed by atoms with Crippen molar-refractivity contribution in [2.75, 3.05) is 0 Å². The number of nitrogens with one attached hydrogen (secondary N) is 1. The smallest absolute Gasteiger partial charge is 0.170 e. The molecular weight excluding hydrogens is 188 g/mol. The van der Waals surface area contributed by atoms with E-state index in [0.29, 0.717) is 5.69 Å². The Hall–Kier alpha value is -1.90. The minimum atomic E-state index is 0.456. The monoisotopic (exact) mass is 200 g/mol. The number of hydrogen-bond donors (Lipinski definition) is 1. The summed E-state index contributed by atoms with van der Waals surface area (Å²) in [5, 5.41) is 6.69. The zero-order valence-corrected chi connectivity index (χ0v) is 8.53. The lowest BCUT2D eigenvalue weighted by molar-refractivity contribution is 0.111. The lowest BCUT2D eigenvalue weighted by Gasteiger charge is -1.98. The molecule has 1 heterocycles. The molecule has 0 amide bonds. The minimum Gasteiger partial charge on any atom is -0.296 e. The number of carbonyl (C=O) groups is 1. The number of aromatic nitrogens is 2. The number of aromatic amines is 1. The van der Waals surface area contributed by atoms with E-state index in [9.17, 15) is 4.79 Å². The molecule has 3 nitrogen and oxygen atoms in total. The van der Waals surface area contributed by atoms with E-state index < -0.39 is 0 Å². The fourth-order valence-electron chi connectivity index (χ4n) is 1.46. The van der Waals surface area contributed by atoms with Crippen molar-refractivity contribution in [1.29, 1.82) is 0 Å². The first-order valence-electron chi connectivity index (χ1n) is 4.83. The second kappa shape index (κ2) is 4.09. The van der Waals surface area contributed by atoms with Gasteiger partial charge < -0.3 is 0 Å². The normalized spacial score (nSPS) is 10.2. The summed E-state index contributed by atoms with van der Waals surface area (Å²) in [4.78, 5) is 10.4. The fourth-order valence-corrected chi connectivity index (χ4v) is 1.46. The van der Waals surface area contributed by atoms with Gasteiger partial charge in [0.15, 0.2) is 6.29 Å². The van der Waals surface area contributed by atoms with Crippen molar-refractivity contribution in [2.24, 2.45) is 0 Å². The van der Waals surface area contributed by atoms with E-state index in [4.69, 9.17) is 0 Å². The highest BCUT2D eigenvalue weighted by molar-refractivity contribution is 5.71. The molecule has 0 fully saturated rings. The van der Waals surface area contributed by atoms with Gasteiger partial charge in [-0.15, -0.1) is 0 Å². The van der Waals surface area contributed by atoms with Gasteiger partial charge in [-0.3, -0.25) is 9.89 Å². The van der Waals surface area contributed by atoms with Crippen LogP contribution in [-0.2, 0) is 6.42 Å². The van der Waals surface area contributed by atoms with Gasteiger partial charge in [-0.1, -0.05) is 29.8 Å². The lowest BCUT2D eigenvalue weighted by Crippen LogP contribution is -1.88. The molecule has 1 aromatic carbocycles. The van der Waals surface area contributed by atoms with Crippen molar-refractivity contribution in [3.05, 3.63) is 52.8 Å². The van der Waals surface area contributed by atoms with Gasteiger partial charge in [-0.25, -0.2) is 0 Å². The maximum absolute atomic E-state index is 10.4. The van der Waals surface area contributed by atoms with Crippen molar-refractivity contribution in [1.82, 2.24) is 10.2 Å². The maximum atomic E-state index is 10.4. The molecule has 0 saturated heterocycles. The van der Waals surface area contributed by atoms with Crippen LogP contribution >= 0.6 is 0 Å². The Balaban J connectivity index is 2.14. The first-order valence-corrected chi connectivity index (χ1v) is 4.83. The zero-order chi connectivity index (χ0) is 10.7. The molecule has 0 radical (unpaired) electrons. The van der Waals surface area contributed by atoms with Crippen LogP contribution in [-0.4, -0.2) is 16.5 Å². The van der Waals surface area contributed by atoms with E-state index in [1.165, 1.54) is 11.1 Å². The van der Waals surface area contributed by atoms with Crippen LogP contribution in [0.5, 0.6) is 0 Å². The number of hydrogen-bond acceptors (Lipinski definition) is 2. The third kappa shape index (κ3) is 2.31. The molecule has 2 aromatic rings. The summed E-state index contributed by atoms with van der Waals surface area (Å²) in [5.74, 6) is 0. The van der Waals surface area contributed by atoms with Crippen molar-refractivity contribution in [2.45, 2.75) is 13.3 Å². The molecule has 0 spiro atoms. The van der Waals surface area contributed by atoms with Crippen LogP contribution in [0.15, 0.2) is 30.3 Å². The highest BCUT2D eigenvalue weighted by Gasteiger charge is 2.00. The zero-order valence-electron chi connectivity index (χ0n) is 8.53. The van der Waals surface area contributed by atoms with Gasteiger partial charge in [-0.05, 0) is 18.6 Å². The molecule has 15 heavy (non-hydrogen) atoms. The molecule has 0 unspecified atom stereocenters. The molecule has 2 rings (SSSR count). The van der Waals surface area contributed by atoms with Gasteiger partial charge >= 0.3 is 0 Å². The quantitative estimate of drug-likeness (QED) is 0.771. The molecule has 0 aliphatic carbocycles. The van der Waals surface area contributed by atoms with E-state index in [2.05, 4.69) is 41.4 Å². The standard InChI is InChI=1S/C12H12N2O/c1-9-2-4-10(5-3-9)6-11-7-12(8-15)14-13-11/h2-5,7-8H,6H2,1H3,(H,13,14). The van der Waals surface area contributed by atoms with E-state index >= 15 is 0 Å². The van der Waals surface area contributed by atoms with Crippen LogP contribution in [0.2, 0.25) is 0 Å². The highest BCUT2D eigenvalue weighted by atomic mass is 16.1. The predicted octanol–water partition coefficient (Wildman–Crippen LogP) is 2.12. The summed E-state index contributed by atoms with van der Waals surface area (Å²) in [6.45, 7) is 2.06. The van der Waals surface area contributed by atoms with Gasteiger partial charge in [-0.2, -0.15) is 5.10 Å². The largest absolute Gasteiger partial charge is 0.296 e. The molecule has 76 valence electrons. The van der Waals surface area contributed by atoms with Crippen molar-refractivity contribution in [3.8, 4) is 0 Å². The molecule has 0 saturated carbocycles. The van der Waals surface area contributed by atoms with E-state index in [1.807, 2.05) is 0 Å². The molecule has 0 aliphatic heterocycles. The van der Waals surface area contributed by atoms with E-state index in [0.717, 1.165) is 18.4 Å². The number of rotatable bonds is 3. The second-order valence-electron chi connectivity index (χ2n) is 3.60. The summed E-state index contributed by atoms with van der Waals surface area (Å²) >= 11 is 0. The molecule has 0 atom stereocenters. The van der Waals surface area contributed by atoms with Gasteiger partial charge in [0.2, 0.25) is 0 Å². The SMILES string of the molecule is Cc1ccc(Cc2cc(C=O)n[nH]2)cc1. The molecule has 0 bridgehead atoms. The summed E-state index contributed by atoms with van der Waals surface area (Å²) in [7, 11) is 0. The Morgan fingerprint density at radius 1 is 1.33 bits per heavy atom. The number of aryl methyl sites for hydroxylation is 1. The number of H-pyrrole nitrogens is 1. The highest BCUT2D eigenvalue weighted by Crippen LogP contribution is 2.09. The van der Waals surface area contributed by atoms with Crippen LogP contribution in [0, 0.1) is 6.92 Å². The van der Waals surface area contributed by atoms with Crippen molar-refractivity contribution < 1.29 is 4.79 Å². The lowest BCUT2D eigenvalue weighted by atomic mass is 10.1. The summed E-state index contributed by atoms with van der Waals surface area (Å²) in [6, 6.07) is 10.1. The van der Waals surface area contributed by atoms with Crippen molar-refractivity contribution in [3.63, 3.8) is 0 Å². The van der Waals surface area contributed by atoms with Crippen LogP contribution < -0.4 is 0 Å². The average Bonchev–Trinajstić information content (AvgIpc) is 2.69. The number of carbonyl (C=O) groups excluding carboxylic acids is 1. The molecule has 0 aliphatic rings. The number of benzene rings is 1. The summed E-state index contributed by atoms with van der Waals surface area (Å²) in [5.41, 5.74) is 3.87. The van der Waals surface area contributed by atoms with Gasteiger partial charge in [0, 0.05) is 12.1 Å². The molecule has 3 heteroatoms. The first kappa shape index (κ1) is 9.65. The summed E-state index contributed by atoms with van der Waals surface area (Å²) in [6.07, 6.45) is 1.52. The molecule has 1 N–H and O–H groups in total. The van der Waals surface area contributed by atoms with Crippen molar-refractivity contribution >= 4 is 6.29 Å². The third-order valence-electron chi connectivity index (χ3n) is 2.29. The molecular formula is C12H12N2O. The van der Waals surface area contributed by atoms with Gasteiger partial charge in [0.05, 0.1) is 0 Å². The summed E-state index contributed by atoms with van der Waals surface area (Å²) < 4.78 is 0. The topological polar surface area (TPSA) is 45.8 Å². The Kier molecular flexibility index (Phi) is 2.63. The fraction of sp³-hybridized carbons (Fsp3) is 0.167. The van der Waals surface area contributed by atoms with Gasteiger partial charge in [0.1, 0.15) is 5.69 Å². The molecule has 1 aromatic heterocycles.